The second-order valence-corrected chi connectivity index (χ2v) is 7.45. The van der Waals surface area contributed by atoms with Crippen molar-refractivity contribution in [3.8, 4) is 11.4 Å². The number of anilines is 1. The number of nitrogens with zero attached hydrogens (tertiary/aromatic N) is 6. The average molecular weight is 385 g/mol. The number of methoxy groups -OCH3 is 1. The fraction of sp³-hybridized carbons (Fsp3) is 0.125. The number of rotatable bonds is 5. The number of tetrazole rings is 1. The molecule has 0 bridgehead atoms. The molecule has 4 rings (SSSR count). The number of benzene rings is 2. The van der Waals surface area contributed by atoms with Crippen LogP contribution in [-0.4, -0.2) is 45.5 Å². The van der Waals surface area contributed by atoms with E-state index in [1.807, 2.05) is 19.3 Å². The smallest absolute Gasteiger partial charge is 0.262 e. The standard InChI is InChI=1S/C16H15N7O3S/c1-22-9-11-3-4-12(7-14(11)18-22)19-27(24,25)13-5-6-15(16(8-13)26-2)23-10-17-20-21-23/h3-10,19H,1-2H3. The molecule has 0 amide bonds. The van der Waals surface area contributed by atoms with Crippen molar-refractivity contribution in [1.29, 1.82) is 0 Å². The van der Waals surface area contributed by atoms with Crippen LogP contribution in [0, 0.1) is 0 Å². The van der Waals surface area contributed by atoms with Crippen LogP contribution in [0.4, 0.5) is 5.69 Å². The van der Waals surface area contributed by atoms with Gasteiger partial charge in [0.15, 0.2) is 0 Å². The van der Waals surface area contributed by atoms with Crippen LogP contribution in [0.2, 0.25) is 0 Å². The molecule has 0 atom stereocenters. The molecule has 2 aromatic carbocycles. The lowest BCUT2D eigenvalue weighted by Gasteiger charge is -2.12. The van der Waals surface area contributed by atoms with Crippen molar-refractivity contribution >= 4 is 26.6 Å². The van der Waals surface area contributed by atoms with Gasteiger partial charge in [-0.05, 0) is 40.8 Å². The van der Waals surface area contributed by atoms with Gasteiger partial charge >= 0.3 is 0 Å². The van der Waals surface area contributed by atoms with Gasteiger partial charge in [0.25, 0.3) is 10.0 Å². The Labute approximate surface area is 154 Å². The minimum atomic E-state index is -3.82. The van der Waals surface area contributed by atoms with Crippen LogP contribution < -0.4 is 9.46 Å². The third-order valence-electron chi connectivity index (χ3n) is 3.93. The van der Waals surface area contributed by atoms with Crippen LogP contribution in [0.5, 0.6) is 5.75 Å². The highest BCUT2D eigenvalue weighted by Gasteiger charge is 2.18. The van der Waals surface area contributed by atoms with E-state index in [1.54, 1.807) is 22.9 Å². The van der Waals surface area contributed by atoms with E-state index in [2.05, 4.69) is 25.3 Å². The van der Waals surface area contributed by atoms with Crippen molar-refractivity contribution in [2.75, 3.05) is 11.8 Å². The molecule has 0 aliphatic rings. The minimum absolute atomic E-state index is 0.0530. The Morgan fingerprint density at radius 3 is 2.74 bits per heavy atom. The molecule has 0 saturated carbocycles. The fourth-order valence-electron chi connectivity index (χ4n) is 2.70. The van der Waals surface area contributed by atoms with Crippen molar-refractivity contribution in [2.45, 2.75) is 4.90 Å². The maximum Gasteiger partial charge on any atom is 0.262 e. The maximum absolute atomic E-state index is 12.8. The zero-order valence-corrected chi connectivity index (χ0v) is 15.3. The number of aryl methyl sites for hydroxylation is 1. The summed E-state index contributed by atoms with van der Waals surface area (Å²) in [6.45, 7) is 0. The van der Waals surface area contributed by atoms with Gasteiger partial charge in [-0.25, -0.2) is 8.42 Å². The Kier molecular flexibility index (Phi) is 4.00. The molecular weight excluding hydrogens is 370 g/mol. The molecule has 27 heavy (non-hydrogen) atoms. The molecule has 10 nitrogen and oxygen atoms in total. The SMILES string of the molecule is COc1cc(S(=O)(=O)Nc2ccc3cn(C)nc3c2)ccc1-n1cnnn1. The van der Waals surface area contributed by atoms with Gasteiger partial charge in [-0.1, -0.05) is 0 Å². The highest BCUT2D eigenvalue weighted by molar-refractivity contribution is 7.92. The van der Waals surface area contributed by atoms with Crippen LogP contribution in [0.3, 0.4) is 0 Å². The minimum Gasteiger partial charge on any atom is -0.494 e. The highest BCUT2D eigenvalue weighted by Crippen LogP contribution is 2.27. The predicted molar refractivity (Wildman–Crippen MR) is 97.2 cm³/mol. The summed E-state index contributed by atoms with van der Waals surface area (Å²) < 4.78 is 36.5. The van der Waals surface area contributed by atoms with Gasteiger partial charge in [-0.15, -0.1) is 5.10 Å². The third kappa shape index (κ3) is 3.19. The van der Waals surface area contributed by atoms with Crippen LogP contribution >= 0.6 is 0 Å². The van der Waals surface area contributed by atoms with Gasteiger partial charge in [-0.3, -0.25) is 9.40 Å². The highest BCUT2D eigenvalue weighted by atomic mass is 32.2. The summed E-state index contributed by atoms with van der Waals surface area (Å²) in [5.41, 5.74) is 1.64. The lowest BCUT2D eigenvalue weighted by molar-refractivity contribution is 0.410. The van der Waals surface area contributed by atoms with Gasteiger partial charge in [0.2, 0.25) is 0 Å². The molecular formula is C16H15N7O3S. The monoisotopic (exact) mass is 385 g/mol. The number of sulfonamides is 1. The Bertz CT molecular complexity index is 1220. The first-order valence-corrected chi connectivity index (χ1v) is 9.32. The van der Waals surface area contributed by atoms with Crippen molar-refractivity contribution in [3.05, 3.63) is 48.9 Å². The number of hydrogen-bond donors (Lipinski definition) is 1. The first-order chi connectivity index (χ1) is 13.0. The van der Waals surface area contributed by atoms with E-state index in [-0.39, 0.29) is 4.90 Å². The van der Waals surface area contributed by atoms with E-state index >= 15 is 0 Å². The molecule has 2 heterocycles. The molecule has 0 aliphatic heterocycles. The van der Waals surface area contributed by atoms with E-state index in [1.165, 1.54) is 30.3 Å². The first kappa shape index (κ1) is 17.0. The summed E-state index contributed by atoms with van der Waals surface area (Å²) in [5, 5.41) is 16.1. The zero-order valence-electron chi connectivity index (χ0n) is 14.4. The van der Waals surface area contributed by atoms with Crippen molar-refractivity contribution in [1.82, 2.24) is 30.0 Å². The molecule has 0 radical (unpaired) electrons. The Morgan fingerprint density at radius 1 is 1.15 bits per heavy atom. The first-order valence-electron chi connectivity index (χ1n) is 7.84. The van der Waals surface area contributed by atoms with E-state index in [0.717, 1.165) is 5.39 Å². The molecule has 11 heteroatoms. The van der Waals surface area contributed by atoms with Crippen molar-refractivity contribution in [3.63, 3.8) is 0 Å². The second-order valence-electron chi connectivity index (χ2n) is 5.77. The molecule has 2 aromatic heterocycles. The quantitative estimate of drug-likeness (QED) is 0.551. The molecule has 0 unspecified atom stereocenters. The number of ether oxygens (including phenoxy) is 1. The van der Waals surface area contributed by atoms with Crippen LogP contribution in [0.15, 0.2) is 53.8 Å². The predicted octanol–water partition coefficient (Wildman–Crippen LogP) is 1.36. The molecule has 0 spiro atoms. The topological polar surface area (TPSA) is 117 Å². The fourth-order valence-corrected chi connectivity index (χ4v) is 3.77. The molecule has 138 valence electrons. The summed E-state index contributed by atoms with van der Waals surface area (Å²) in [4.78, 5) is 0.0530. The van der Waals surface area contributed by atoms with Crippen molar-refractivity contribution < 1.29 is 13.2 Å². The number of nitrogens with one attached hydrogen (secondary N) is 1. The molecule has 4 aromatic rings. The van der Waals surface area contributed by atoms with Gasteiger partial charge in [0.05, 0.1) is 23.2 Å². The zero-order chi connectivity index (χ0) is 19.0. The Morgan fingerprint density at radius 2 is 2.00 bits per heavy atom. The number of aromatic nitrogens is 6. The third-order valence-corrected chi connectivity index (χ3v) is 5.31. The maximum atomic E-state index is 12.8. The summed E-state index contributed by atoms with van der Waals surface area (Å²) in [6, 6.07) is 9.63. The molecule has 0 aliphatic carbocycles. The Balaban J connectivity index is 1.68. The summed E-state index contributed by atoms with van der Waals surface area (Å²) in [5.74, 6) is 0.324. The molecule has 0 fully saturated rings. The molecule has 0 saturated heterocycles. The summed E-state index contributed by atoms with van der Waals surface area (Å²) in [7, 11) is -0.565. The van der Waals surface area contributed by atoms with Gasteiger partial charge in [0.1, 0.15) is 17.8 Å². The summed E-state index contributed by atoms with van der Waals surface area (Å²) >= 11 is 0. The van der Waals surface area contributed by atoms with Crippen LogP contribution in [-0.2, 0) is 17.1 Å². The van der Waals surface area contributed by atoms with Gasteiger partial charge in [-0.2, -0.15) is 9.78 Å². The van der Waals surface area contributed by atoms with E-state index in [9.17, 15) is 8.42 Å². The lowest BCUT2D eigenvalue weighted by Crippen LogP contribution is -2.13. The summed E-state index contributed by atoms with van der Waals surface area (Å²) in [6.07, 6.45) is 3.25. The van der Waals surface area contributed by atoms with Gasteiger partial charge < -0.3 is 4.74 Å². The van der Waals surface area contributed by atoms with Gasteiger partial charge in [0, 0.05) is 24.7 Å². The van der Waals surface area contributed by atoms with E-state index < -0.39 is 10.0 Å². The largest absolute Gasteiger partial charge is 0.494 e. The lowest BCUT2D eigenvalue weighted by atomic mass is 10.2. The van der Waals surface area contributed by atoms with E-state index in [4.69, 9.17) is 4.74 Å². The normalized spacial score (nSPS) is 11.6. The van der Waals surface area contributed by atoms with Crippen molar-refractivity contribution in [2.24, 2.45) is 7.05 Å². The number of hydrogen-bond acceptors (Lipinski definition) is 7. The van der Waals surface area contributed by atoms with Crippen LogP contribution in [0.1, 0.15) is 0 Å². The van der Waals surface area contributed by atoms with E-state index in [0.29, 0.717) is 22.6 Å². The Hall–Kier alpha value is -3.47. The average Bonchev–Trinajstić information content (AvgIpc) is 3.29. The second kappa shape index (κ2) is 6.36. The van der Waals surface area contributed by atoms with Crippen LogP contribution in [0.25, 0.3) is 16.6 Å². The molecule has 1 N–H and O–H groups in total. The number of fused-ring (bicyclic) bond motifs is 1.